The van der Waals surface area contributed by atoms with Crippen LogP contribution in [0.2, 0.25) is 0 Å². The molecular weight excluding hydrogens is 164 g/mol. The minimum atomic E-state index is 0.344. The number of hydrogen-bond donors (Lipinski definition) is 0. The summed E-state index contributed by atoms with van der Waals surface area (Å²) >= 11 is 0. The minimum absolute atomic E-state index is 0.344. The summed E-state index contributed by atoms with van der Waals surface area (Å²) < 4.78 is 5.41. The zero-order chi connectivity index (χ0) is 9.68. The van der Waals surface area contributed by atoms with Gasteiger partial charge in [0.1, 0.15) is 0 Å². The van der Waals surface area contributed by atoms with E-state index in [0.717, 1.165) is 19.6 Å². The van der Waals surface area contributed by atoms with Gasteiger partial charge in [-0.3, -0.25) is 4.90 Å². The van der Waals surface area contributed by atoms with Gasteiger partial charge >= 0.3 is 0 Å². The predicted octanol–water partition coefficient (Wildman–Crippen LogP) is 1.40. The minimum Gasteiger partial charge on any atom is -0.380 e. The molecule has 1 rings (SSSR count). The lowest BCUT2D eigenvalue weighted by atomic mass is 10.1. The smallest absolute Gasteiger partial charge is 0.0638 e. The molecule has 3 nitrogen and oxygen atoms in total. The van der Waals surface area contributed by atoms with E-state index in [1.807, 2.05) is 0 Å². The van der Waals surface area contributed by atoms with Gasteiger partial charge in [-0.15, -0.1) is 0 Å². The first-order valence-corrected chi connectivity index (χ1v) is 4.92. The van der Waals surface area contributed by atoms with Crippen LogP contribution < -0.4 is 0 Å². The Morgan fingerprint density at radius 1 is 1.69 bits per heavy atom. The zero-order valence-electron chi connectivity index (χ0n) is 8.49. The second-order valence-corrected chi connectivity index (χ2v) is 3.75. The van der Waals surface area contributed by atoms with Crippen LogP contribution in [0.15, 0.2) is 0 Å². The third-order valence-corrected chi connectivity index (χ3v) is 2.79. The van der Waals surface area contributed by atoms with Crippen molar-refractivity contribution in [1.82, 2.24) is 4.90 Å². The lowest BCUT2D eigenvalue weighted by molar-refractivity contribution is 0.0155. The molecule has 0 aromatic carbocycles. The van der Waals surface area contributed by atoms with Crippen molar-refractivity contribution in [2.24, 2.45) is 0 Å². The highest BCUT2D eigenvalue weighted by Gasteiger charge is 2.21. The van der Waals surface area contributed by atoms with Gasteiger partial charge in [0.2, 0.25) is 0 Å². The average Bonchev–Trinajstić information content (AvgIpc) is 2.18. The largest absolute Gasteiger partial charge is 0.380 e. The Morgan fingerprint density at radius 3 is 3.00 bits per heavy atom. The molecule has 0 spiro atoms. The molecule has 74 valence electrons. The van der Waals surface area contributed by atoms with Crippen molar-refractivity contribution in [3.05, 3.63) is 0 Å². The van der Waals surface area contributed by atoms with E-state index >= 15 is 0 Å². The molecule has 0 aliphatic carbocycles. The second-order valence-electron chi connectivity index (χ2n) is 3.75. The first-order chi connectivity index (χ1) is 6.25. The van der Waals surface area contributed by atoms with Crippen molar-refractivity contribution in [3.63, 3.8) is 0 Å². The van der Waals surface area contributed by atoms with Crippen LogP contribution in [-0.2, 0) is 4.74 Å². The molecule has 1 saturated heterocycles. The van der Waals surface area contributed by atoms with Gasteiger partial charge in [-0.1, -0.05) is 0 Å². The highest BCUT2D eigenvalue weighted by atomic mass is 16.5. The van der Waals surface area contributed by atoms with Gasteiger partial charge in [0, 0.05) is 18.7 Å². The number of rotatable bonds is 3. The molecular formula is C10H18N2O. The summed E-state index contributed by atoms with van der Waals surface area (Å²) in [5.74, 6) is 0. The Morgan fingerprint density at radius 2 is 2.46 bits per heavy atom. The van der Waals surface area contributed by atoms with E-state index in [1.54, 1.807) is 0 Å². The van der Waals surface area contributed by atoms with Crippen molar-refractivity contribution in [1.29, 1.82) is 5.26 Å². The first-order valence-electron chi connectivity index (χ1n) is 4.92. The molecule has 1 fully saturated rings. The van der Waals surface area contributed by atoms with E-state index < -0.39 is 0 Å². The molecule has 1 heterocycles. The molecule has 0 aromatic rings. The Hall–Kier alpha value is -0.590. The van der Waals surface area contributed by atoms with Crippen molar-refractivity contribution in [2.75, 3.05) is 20.3 Å². The van der Waals surface area contributed by atoms with E-state index in [1.165, 1.54) is 6.42 Å². The number of ether oxygens (including phenoxy) is 1. The summed E-state index contributed by atoms with van der Waals surface area (Å²) in [5.41, 5.74) is 0. The maximum atomic E-state index is 8.58. The summed E-state index contributed by atoms with van der Waals surface area (Å²) in [7, 11) is 2.08. The molecule has 1 aliphatic heterocycles. The highest BCUT2D eigenvalue weighted by Crippen LogP contribution is 2.15. The van der Waals surface area contributed by atoms with E-state index in [4.69, 9.17) is 10.00 Å². The fourth-order valence-electron chi connectivity index (χ4n) is 1.68. The quantitative estimate of drug-likeness (QED) is 0.662. The molecule has 0 radical (unpaired) electrons. The van der Waals surface area contributed by atoms with E-state index in [0.29, 0.717) is 18.5 Å². The van der Waals surface area contributed by atoms with Gasteiger partial charge in [-0.25, -0.2) is 0 Å². The molecule has 0 N–H and O–H groups in total. The molecule has 3 heteroatoms. The van der Waals surface area contributed by atoms with Gasteiger partial charge in [-0.2, -0.15) is 5.26 Å². The van der Waals surface area contributed by atoms with Gasteiger partial charge in [0.05, 0.1) is 19.1 Å². The van der Waals surface area contributed by atoms with Crippen LogP contribution in [0.4, 0.5) is 0 Å². The molecule has 1 aliphatic rings. The summed E-state index contributed by atoms with van der Waals surface area (Å²) in [4.78, 5) is 2.27. The van der Waals surface area contributed by atoms with Gasteiger partial charge in [-0.05, 0) is 26.8 Å². The maximum absolute atomic E-state index is 8.58. The van der Waals surface area contributed by atoms with Crippen LogP contribution in [0.25, 0.3) is 0 Å². The SMILES string of the molecule is CC(CC#N)N(C)C1CCCOC1. The molecule has 0 amide bonds. The highest BCUT2D eigenvalue weighted by molar-refractivity contribution is 4.82. The number of nitrogens with zero attached hydrogens (tertiary/aromatic N) is 2. The molecule has 13 heavy (non-hydrogen) atoms. The first kappa shape index (κ1) is 10.5. The fraction of sp³-hybridized carbons (Fsp3) is 0.900. The Bertz CT molecular complexity index is 182. The van der Waals surface area contributed by atoms with Crippen molar-refractivity contribution in [2.45, 2.75) is 38.3 Å². The van der Waals surface area contributed by atoms with Crippen LogP contribution in [-0.4, -0.2) is 37.2 Å². The van der Waals surface area contributed by atoms with Gasteiger partial charge in [0.25, 0.3) is 0 Å². The van der Waals surface area contributed by atoms with Crippen molar-refractivity contribution < 1.29 is 4.74 Å². The number of likely N-dealkylation sites (N-methyl/N-ethyl adjacent to an activating group) is 1. The van der Waals surface area contributed by atoms with Crippen LogP contribution in [0.3, 0.4) is 0 Å². The monoisotopic (exact) mass is 182 g/mol. The van der Waals surface area contributed by atoms with Crippen LogP contribution >= 0.6 is 0 Å². The van der Waals surface area contributed by atoms with Crippen LogP contribution in [0, 0.1) is 11.3 Å². The van der Waals surface area contributed by atoms with Crippen molar-refractivity contribution in [3.8, 4) is 6.07 Å². The van der Waals surface area contributed by atoms with Crippen LogP contribution in [0.1, 0.15) is 26.2 Å². The molecule has 2 unspecified atom stereocenters. The number of nitriles is 1. The topological polar surface area (TPSA) is 36.3 Å². The third kappa shape index (κ3) is 2.98. The Balaban J connectivity index is 2.36. The van der Waals surface area contributed by atoms with Crippen molar-refractivity contribution >= 4 is 0 Å². The van der Waals surface area contributed by atoms with Gasteiger partial charge < -0.3 is 4.74 Å². The fourth-order valence-corrected chi connectivity index (χ4v) is 1.68. The maximum Gasteiger partial charge on any atom is 0.0638 e. The Labute approximate surface area is 80.3 Å². The van der Waals surface area contributed by atoms with Crippen LogP contribution in [0.5, 0.6) is 0 Å². The summed E-state index contributed by atoms with van der Waals surface area (Å²) in [6, 6.07) is 3.06. The third-order valence-electron chi connectivity index (χ3n) is 2.79. The number of hydrogen-bond acceptors (Lipinski definition) is 3. The Kier molecular flexibility index (Phi) is 4.20. The summed E-state index contributed by atoms with van der Waals surface area (Å²) in [5, 5.41) is 8.58. The average molecular weight is 182 g/mol. The molecule has 2 atom stereocenters. The predicted molar refractivity (Wildman–Crippen MR) is 51.3 cm³/mol. The zero-order valence-corrected chi connectivity index (χ0v) is 8.49. The standard InChI is InChI=1S/C10H18N2O/c1-9(5-6-11)12(2)10-4-3-7-13-8-10/h9-10H,3-5,7-8H2,1-2H3. The second kappa shape index (κ2) is 5.21. The molecule has 0 bridgehead atoms. The normalized spacial score (nSPS) is 25.5. The lowest BCUT2D eigenvalue weighted by Gasteiger charge is -2.34. The molecule has 0 aromatic heterocycles. The van der Waals surface area contributed by atoms with E-state index in [9.17, 15) is 0 Å². The summed E-state index contributed by atoms with van der Waals surface area (Å²) in [6.45, 7) is 3.82. The summed E-state index contributed by atoms with van der Waals surface area (Å²) in [6.07, 6.45) is 2.95. The molecule has 0 saturated carbocycles. The van der Waals surface area contributed by atoms with E-state index in [2.05, 4.69) is 24.9 Å². The lowest BCUT2D eigenvalue weighted by Crippen LogP contribution is -2.43. The van der Waals surface area contributed by atoms with E-state index in [-0.39, 0.29) is 0 Å². The van der Waals surface area contributed by atoms with Gasteiger partial charge in [0.15, 0.2) is 0 Å².